The van der Waals surface area contributed by atoms with Gasteiger partial charge in [0, 0.05) is 17.3 Å². The minimum Gasteiger partial charge on any atom is -0.346 e. The molecule has 0 spiro atoms. The number of nitrogens with one attached hydrogen (secondary N) is 3. The molecule has 0 heterocycles. The molecule has 0 aliphatic heterocycles. The maximum Gasteiger partial charge on any atom is 0.243 e. The van der Waals surface area contributed by atoms with Gasteiger partial charge in [-0.05, 0) is 43.7 Å². The van der Waals surface area contributed by atoms with E-state index in [1.165, 1.54) is 6.07 Å². The summed E-state index contributed by atoms with van der Waals surface area (Å²) in [7, 11) is 0. The molecule has 0 atom stereocenters. The third kappa shape index (κ3) is 6.15. The number of rotatable bonds is 7. The quantitative estimate of drug-likeness (QED) is 0.625. The van der Waals surface area contributed by atoms with Crippen molar-refractivity contribution in [2.45, 2.75) is 19.4 Å². The Morgan fingerprint density at radius 3 is 2.29 bits per heavy atom. The number of carbonyl (C=O) groups excluding carboxylic acids is 2. The Bertz CT molecular complexity index is 891. The smallest absolute Gasteiger partial charge is 0.243 e. The topological polar surface area (TPSA) is 70.2 Å². The van der Waals surface area contributed by atoms with Gasteiger partial charge in [-0.3, -0.25) is 14.9 Å². The highest BCUT2D eigenvalue weighted by Crippen LogP contribution is 2.28. The van der Waals surface area contributed by atoms with E-state index in [-0.39, 0.29) is 18.8 Å². The van der Waals surface area contributed by atoms with Crippen LogP contribution in [0.15, 0.2) is 36.4 Å². The summed E-state index contributed by atoms with van der Waals surface area (Å²) in [6.07, 6.45) is 0. The van der Waals surface area contributed by atoms with Crippen molar-refractivity contribution in [3.8, 4) is 0 Å². The summed E-state index contributed by atoms with van der Waals surface area (Å²) in [5, 5.41) is 8.73. The SMILES string of the molecule is CC(C)(NCC(=O)NCC(=O)Nc1ccc(F)c(F)c1)c1ccc(Cl)c(Cl)c1. The minimum atomic E-state index is -1.07. The molecule has 0 aliphatic carbocycles. The number of hydrogen-bond acceptors (Lipinski definition) is 3. The summed E-state index contributed by atoms with van der Waals surface area (Å²) < 4.78 is 26.0. The van der Waals surface area contributed by atoms with E-state index in [0.717, 1.165) is 17.7 Å². The monoisotopic (exact) mass is 429 g/mol. The number of hydrogen-bond donors (Lipinski definition) is 3. The lowest BCUT2D eigenvalue weighted by atomic mass is 9.94. The Morgan fingerprint density at radius 1 is 0.929 bits per heavy atom. The van der Waals surface area contributed by atoms with Gasteiger partial charge in [0.2, 0.25) is 11.8 Å². The molecule has 9 heteroatoms. The molecule has 2 aromatic rings. The summed E-state index contributed by atoms with van der Waals surface area (Å²) in [5.74, 6) is -3.06. The van der Waals surface area contributed by atoms with E-state index < -0.39 is 29.0 Å². The lowest BCUT2D eigenvalue weighted by Crippen LogP contribution is -2.44. The first kappa shape index (κ1) is 22.1. The minimum absolute atomic E-state index is 0.0499. The zero-order chi connectivity index (χ0) is 20.9. The van der Waals surface area contributed by atoms with Crippen LogP contribution in [0.5, 0.6) is 0 Å². The first-order chi connectivity index (χ1) is 13.1. The molecule has 2 rings (SSSR count). The Morgan fingerprint density at radius 2 is 1.64 bits per heavy atom. The van der Waals surface area contributed by atoms with Gasteiger partial charge in [0.1, 0.15) is 0 Å². The average Bonchev–Trinajstić information content (AvgIpc) is 2.63. The lowest BCUT2D eigenvalue weighted by Gasteiger charge is -2.27. The number of amides is 2. The van der Waals surface area contributed by atoms with E-state index in [9.17, 15) is 18.4 Å². The Hall–Kier alpha value is -2.22. The number of halogens is 4. The van der Waals surface area contributed by atoms with Gasteiger partial charge in [-0.15, -0.1) is 0 Å². The fourth-order valence-corrected chi connectivity index (χ4v) is 2.61. The molecule has 0 bridgehead atoms. The lowest BCUT2D eigenvalue weighted by molar-refractivity contribution is -0.123. The van der Waals surface area contributed by atoms with Gasteiger partial charge in [0.05, 0.1) is 23.1 Å². The van der Waals surface area contributed by atoms with Gasteiger partial charge in [-0.2, -0.15) is 0 Å². The van der Waals surface area contributed by atoms with Gasteiger partial charge >= 0.3 is 0 Å². The summed E-state index contributed by atoms with van der Waals surface area (Å²) in [4.78, 5) is 23.8. The molecule has 0 fully saturated rings. The fourth-order valence-electron chi connectivity index (χ4n) is 2.31. The first-order valence-electron chi connectivity index (χ1n) is 8.30. The van der Waals surface area contributed by atoms with Crippen LogP contribution in [0.25, 0.3) is 0 Å². The molecule has 3 N–H and O–H groups in total. The molecule has 0 radical (unpaired) electrons. The zero-order valence-electron chi connectivity index (χ0n) is 15.2. The second-order valence-electron chi connectivity index (χ2n) is 6.56. The Balaban J connectivity index is 1.82. The summed E-state index contributed by atoms with van der Waals surface area (Å²) >= 11 is 11.9. The highest BCUT2D eigenvalue weighted by molar-refractivity contribution is 6.42. The van der Waals surface area contributed by atoms with Crippen LogP contribution in [-0.4, -0.2) is 24.9 Å². The predicted molar refractivity (Wildman–Crippen MR) is 105 cm³/mol. The maximum absolute atomic E-state index is 13.1. The molecular weight excluding hydrogens is 411 g/mol. The van der Waals surface area contributed by atoms with Crippen LogP contribution in [0.4, 0.5) is 14.5 Å². The van der Waals surface area contributed by atoms with Crippen molar-refractivity contribution in [3.05, 3.63) is 63.6 Å². The average molecular weight is 430 g/mol. The molecule has 5 nitrogen and oxygen atoms in total. The second kappa shape index (κ2) is 9.32. The molecular formula is C19H19Cl2F2N3O2. The highest BCUT2D eigenvalue weighted by atomic mass is 35.5. The van der Waals surface area contributed by atoms with E-state index in [2.05, 4.69) is 16.0 Å². The van der Waals surface area contributed by atoms with E-state index in [1.807, 2.05) is 13.8 Å². The van der Waals surface area contributed by atoms with Gasteiger partial charge in [-0.25, -0.2) is 8.78 Å². The van der Waals surface area contributed by atoms with Crippen molar-refractivity contribution >= 4 is 40.7 Å². The predicted octanol–water partition coefficient (Wildman–Crippen LogP) is 3.85. The molecule has 0 saturated carbocycles. The molecule has 0 unspecified atom stereocenters. The Kier molecular flexibility index (Phi) is 7.35. The van der Waals surface area contributed by atoms with Crippen LogP contribution in [0.3, 0.4) is 0 Å². The third-order valence-electron chi connectivity index (χ3n) is 3.98. The molecule has 0 aromatic heterocycles. The van der Waals surface area contributed by atoms with Crippen molar-refractivity contribution in [1.82, 2.24) is 10.6 Å². The number of carbonyl (C=O) groups is 2. The van der Waals surface area contributed by atoms with Crippen molar-refractivity contribution < 1.29 is 18.4 Å². The van der Waals surface area contributed by atoms with Crippen LogP contribution in [-0.2, 0) is 15.1 Å². The van der Waals surface area contributed by atoms with Crippen LogP contribution < -0.4 is 16.0 Å². The standard InChI is InChI=1S/C19H19Cl2F2N3O2/c1-19(2,11-3-5-13(20)14(21)7-11)25-10-17(27)24-9-18(28)26-12-4-6-15(22)16(23)8-12/h3-8,25H,9-10H2,1-2H3,(H,24,27)(H,26,28). The Labute approximate surface area is 171 Å². The largest absolute Gasteiger partial charge is 0.346 e. The van der Waals surface area contributed by atoms with Crippen molar-refractivity contribution in [3.63, 3.8) is 0 Å². The normalized spacial score (nSPS) is 11.2. The molecule has 150 valence electrons. The summed E-state index contributed by atoms with van der Waals surface area (Å²) in [6.45, 7) is 3.38. The van der Waals surface area contributed by atoms with E-state index in [1.54, 1.807) is 18.2 Å². The van der Waals surface area contributed by atoms with Gasteiger partial charge in [0.25, 0.3) is 0 Å². The van der Waals surface area contributed by atoms with Crippen LogP contribution >= 0.6 is 23.2 Å². The van der Waals surface area contributed by atoms with Crippen LogP contribution in [0.2, 0.25) is 10.0 Å². The fraction of sp³-hybridized carbons (Fsp3) is 0.263. The van der Waals surface area contributed by atoms with Crippen molar-refractivity contribution in [1.29, 1.82) is 0 Å². The zero-order valence-corrected chi connectivity index (χ0v) is 16.7. The van der Waals surface area contributed by atoms with E-state index in [4.69, 9.17) is 23.2 Å². The molecule has 0 aliphatic rings. The highest BCUT2D eigenvalue weighted by Gasteiger charge is 2.22. The van der Waals surface area contributed by atoms with Gasteiger partial charge < -0.3 is 10.6 Å². The second-order valence-corrected chi connectivity index (χ2v) is 7.38. The third-order valence-corrected chi connectivity index (χ3v) is 4.72. The number of anilines is 1. The van der Waals surface area contributed by atoms with Crippen LogP contribution in [0.1, 0.15) is 19.4 Å². The molecule has 2 amide bonds. The molecule has 0 saturated heterocycles. The van der Waals surface area contributed by atoms with E-state index in [0.29, 0.717) is 10.0 Å². The molecule has 28 heavy (non-hydrogen) atoms. The van der Waals surface area contributed by atoms with Gasteiger partial charge in [-0.1, -0.05) is 29.3 Å². The van der Waals surface area contributed by atoms with Crippen LogP contribution in [0, 0.1) is 11.6 Å². The molecule has 2 aromatic carbocycles. The maximum atomic E-state index is 13.1. The summed E-state index contributed by atoms with van der Waals surface area (Å²) in [6, 6.07) is 8.16. The van der Waals surface area contributed by atoms with Crippen molar-refractivity contribution in [2.24, 2.45) is 0 Å². The number of benzene rings is 2. The van der Waals surface area contributed by atoms with Crippen molar-refractivity contribution in [2.75, 3.05) is 18.4 Å². The first-order valence-corrected chi connectivity index (χ1v) is 9.06. The van der Waals surface area contributed by atoms with E-state index >= 15 is 0 Å². The summed E-state index contributed by atoms with van der Waals surface area (Å²) in [5.41, 5.74) is 0.363. The van der Waals surface area contributed by atoms with Gasteiger partial charge in [0.15, 0.2) is 11.6 Å².